The summed E-state index contributed by atoms with van der Waals surface area (Å²) in [6, 6.07) is 0. The van der Waals surface area contributed by atoms with Gasteiger partial charge in [0.05, 0.1) is 6.61 Å². The minimum Gasteiger partial charge on any atom is -0.465 e. The maximum atomic E-state index is 11.7. The number of rotatable bonds is 5. The van der Waals surface area contributed by atoms with Gasteiger partial charge in [0.25, 0.3) is 0 Å². The number of ether oxygens (including phenoxy) is 1. The Morgan fingerprint density at radius 2 is 1.93 bits per heavy atom. The average molecular weight is 268 g/mol. The third kappa shape index (κ3) is 5.23. The second kappa shape index (κ2) is 5.56. The summed E-state index contributed by atoms with van der Waals surface area (Å²) < 4.78 is 63.3. The van der Waals surface area contributed by atoms with Crippen LogP contribution in [0.2, 0.25) is 0 Å². The molecule has 0 saturated heterocycles. The lowest BCUT2D eigenvalue weighted by atomic mass is 10.8. The third-order valence-corrected chi connectivity index (χ3v) is 2.93. The van der Waals surface area contributed by atoms with E-state index in [0.29, 0.717) is 0 Å². The predicted molar refractivity (Wildman–Crippen MR) is 45.2 cm³/mol. The normalized spacial score (nSPS) is 12.5. The molecule has 0 spiro atoms. The fraction of sp³-hybridized carbons (Fsp3) is 0.800. The van der Waals surface area contributed by atoms with Crippen LogP contribution in [0.4, 0.5) is 13.2 Å². The number of carbonyl (C=O) groups is 1. The molecule has 0 heterocycles. The highest BCUT2D eigenvalue weighted by Gasteiger charge is 2.47. The fourth-order valence-corrected chi connectivity index (χ4v) is 1.56. The fourth-order valence-electron chi connectivity index (χ4n) is 0.377. The molecule has 15 heavy (non-hydrogen) atoms. The van der Waals surface area contributed by atoms with E-state index >= 15 is 0 Å². The van der Waals surface area contributed by atoms with E-state index in [2.05, 4.69) is 8.37 Å². The van der Waals surface area contributed by atoms with Gasteiger partial charge in [0.15, 0.2) is 0 Å². The average Bonchev–Trinajstić information content (AvgIpc) is 2.01. The summed E-state index contributed by atoms with van der Waals surface area (Å²) in [4.78, 5) is 10.6. The summed E-state index contributed by atoms with van der Waals surface area (Å²) in [6.45, 7) is 1.54. The Hall–Kier alpha value is -0.480. The van der Waals surface area contributed by atoms with Crippen molar-refractivity contribution in [2.75, 3.05) is 12.4 Å². The summed E-state index contributed by atoms with van der Waals surface area (Å²) in [5, 5.41) is 0. The molecular weight excluding hydrogens is 261 g/mol. The Bertz CT molecular complexity index is 309. The summed E-state index contributed by atoms with van der Waals surface area (Å²) in [5.41, 5.74) is -5.49. The molecular formula is C5H7F3O5S2. The molecule has 90 valence electrons. The minimum absolute atomic E-state index is 0.0470. The zero-order valence-electron chi connectivity index (χ0n) is 7.41. The van der Waals surface area contributed by atoms with Gasteiger partial charge in [-0.2, -0.15) is 25.2 Å². The molecule has 5 nitrogen and oxygen atoms in total. The number of alkyl halides is 3. The first-order valence-electron chi connectivity index (χ1n) is 3.48. The van der Waals surface area contributed by atoms with Gasteiger partial charge in [0.2, 0.25) is 0 Å². The summed E-state index contributed by atoms with van der Waals surface area (Å²) in [5.74, 6) is -1.50. The second-order valence-electron chi connectivity index (χ2n) is 2.04. The lowest BCUT2D eigenvalue weighted by Crippen LogP contribution is -2.24. The molecule has 0 aromatic heterocycles. The largest absolute Gasteiger partial charge is 0.524 e. The van der Waals surface area contributed by atoms with Gasteiger partial charge >= 0.3 is 21.6 Å². The standard InChI is InChI=1S/C5H7F3O5S2/c1-2-12-4(9)3-14-13-15(10,11)5(6,7)8/h2-3H2,1H3. The van der Waals surface area contributed by atoms with E-state index in [4.69, 9.17) is 0 Å². The number of halogens is 3. The van der Waals surface area contributed by atoms with Gasteiger partial charge in [-0.05, 0) is 6.92 Å². The molecule has 0 amide bonds. The molecule has 0 saturated carbocycles. The van der Waals surface area contributed by atoms with Gasteiger partial charge in [-0.1, -0.05) is 0 Å². The van der Waals surface area contributed by atoms with Crippen LogP contribution in [0.15, 0.2) is 0 Å². The Kier molecular flexibility index (Phi) is 5.38. The van der Waals surface area contributed by atoms with Crippen LogP contribution < -0.4 is 0 Å². The van der Waals surface area contributed by atoms with Crippen molar-refractivity contribution in [2.24, 2.45) is 0 Å². The second-order valence-corrected chi connectivity index (χ2v) is 4.47. The van der Waals surface area contributed by atoms with E-state index in [-0.39, 0.29) is 18.6 Å². The quantitative estimate of drug-likeness (QED) is 0.422. The van der Waals surface area contributed by atoms with Crippen molar-refractivity contribution in [1.29, 1.82) is 0 Å². The predicted octanol–water partition coefficient (Wildman–Crippen LogP) is 1.06. The first-order valence-corrected chi connectivity index (χ1v) is 5.80. The molecule has 0 aliphatic carbocycles. The Morgan fingerprint density at radius 3 is 2.33 bits per heavy atom. The molecule has 0 radical (unpaired) electrons. The van der Waals surface area contributed by atoms with Crippen molar-refractivity contribution >= 4 is 28.1 Å². The molecule has 0 fully saturated rings. The summed E-state index contributed by atoms with van der Waals surface area (Å²) in [7, 11) is -5.65. The first-order chi connectivity index (χ1) is 6.70. The monoisotopic (exact) mass is 268 g/mol. The summed E-state index contributed by atoms with van der Waals surface area (Å²) >= 11 is -0.147. The van der Waals surface area contributed by atoms with Crippen molar-refractivity contribution in [3.05, 3.63) is 0 Å². The Labute approximate surface area is 88.3 Å². The highest BCUT2D eigenvalue weighted by atomic mass is 32.3. The van der Waals surface area contributed by atoms with Crippen LogP contribution in [-0.2, 0) is 23.3 Å². The van der Waals surface area contributed by atoms with Crippen molar-refractivity contribution in [2.45, 2.75) is 12.4 Å². The van der Waals surface area contributed by atoms with Crippen LogP contribution >= 0.6 is 12.0 Å². The maximum absolute atomic E-state index is 11.7. The Morgan fingerprint density at radius 1 is 1.40 bits per heavy atom. The van der Waals surface area contributed by atoms with Crippen LogP contribution in [0, 0.1) is 0 Å². The number of carbonyl (C=O) groups excluding carboxylic acids is 1. The third-order valence-electron chi connectivity index (χ3n) is 0.903. The molecule has 0 aliphatic heterocycles. The summed E-state index contributed by atoms with van der Waals surface area (Å²) in [6.07, 6.45) is 0. The van der Waals surface area contributed by atoms with E-state index in [1.807, 2.05) is 0 Å². The van der Waals surface area contributed by atoms with Gasteiger partial charge in [-0.25, -0.2) is 0 Å². The molecule has 10 heteroatoms. The number of esters is 1. The van der Waals surface area contributed by atoms with Crippen LogP contribution in [0.5, 0.6) is 0 Å². The maximum Gasteiger partial charge on any atom is 0.524 e. The van der Waals surface area contributed by atoms with Crippen LogP contribution in [0.3, 0.4) is 0 Å². The lowest BCUT2D eigenvalue weighted by Gasteiger charge is -2.06. The molecule has 0 unspecified atom stereocenters. The van der Waals surface area contributed by atoms with Gasteiger partial charge in [-0.15, -0.1) is 0 Å². The molecule has 0 N–H and O–H groups in total. The zero-order chi connectivity index (χ0) is 12.1. The smallest absolute Gasteiger partial charge is 0.465 e. The molecule has 0 bridgehead atoms. The molecule has 0 aromatic carbocycles. The van der Waals surface area contributed by atoms with Crippen LogP contribution in [0.25, 0.3) is 0 Å². The van der Waals surface area contributed by atoms with Crippen molar-refractivity contribution in [3.8, 4) is 0 Å². The highest BCUT2D eigenvalue weighted by Crippen LogP contribution is 2.27. The van der Waals surface area contributed by atoms with Crippen molar-refractivity contribution in [3.63, 3.8) is 0 Å². The SMILES string of the molecule is CCOC(=O)CSOS(=O)(=O)C(F)(F)F. The van der Waals surface area contributed by atoms with Gasteiger partial charge < -0.3 is 4.74 Å². The highest BCUT2D eigenvalue weighted by molar-refractivity contribution is 8.05. The molecule has 0 aromatic rings. The van der Waals surface area contributed by atoms with Crippen LogP contribution in [-0.4, -0.2) is 32.3 Å². The van der Waals surface area contributed by atoms with Crippen LogP contribution in [0.1, 0.15) is 6.92 Å². The topological polar surface area (TPSA) is 69.7 Å². The lowest BCUT2D eigenvalue weighted by molar-refractivity contribution is -0.139. The van der Waals surface area contributed by atoms with Gasteiger partial charge in [-0.3, -0.25) is 4.79 Å². The van der Waals surface area contributed by atoms with Gasteiger partial charge in [0.1, 0.15) is 5.75 Å². The zero-order valence-corrected chi connectivity index (χ0v) is 9.04. The molecule has 0 atom stereocenters. The number of hydrogen-bond acceptors (Lipinski definition) is 6. The van der Waals surface area contributed by atoms with Crippen molar-refractivity contribution in [1.82, 2.24) is 0 Å². The minimum atomic E-state index is -5.65. The van der Waals surface area contributed by atoms with Gasteiger partial charge in [0, 0.05) is 12.0 Å². The van der Waals surface area contributed by atoms with E-state index in [0.717, 1.165) is 0 Å². The Balaban J connectivity index is 4.03. The van der Waals surface area contributed by atoms with Crippen molar-refractivity contribution < 1.29 is 34.7 Å². The van der Waals surface area contributed by atoms with E-state index in [9.17, 15) is 26.4 Å². The molecule has 0 aliphatic rings. The number of hydrogen-bond donors (Lipinski definition) is 0. The first kappa shape index (κ1) is 14.5. The van der Waals surface area contributed by atoms with E-state index < -0.39 is 27.3 Å². The van der Waals surface area contributed by atoms with E-state index in [1.54, 1.807) is 0 Å². The molecule has 0 rings (SSSR count). The van der Waals surface area contributed by atoms with E-state index in [1.165, 1.54) is 6.92 Å².